The van der Waals surface area contributed by atoms with Gasteiger partial charge in [0.2, 0.25) is 11.9 Å². The first-order valence-corrected chi connectivity index (χ1v) is 14.4. The Morgan fingerprint density at radius 2 is 1.84 bits per heavy atom. The van der Waals surface area contributed by atoms with Crippen molar-refractivity contribution >= 4 is 23.2 Å². The van der Waals surface area contributed by atoms with Crippen LogP contribution in [0.1, 0.15) is 18.4 Å². The fourth-order valence-corrected chi connectivity index (χ4v) is 5.20. The molecular weight excluding hydrogens is 574 g/mol. The maximum Gasteiger partial charge on any atom is 0.265 e. The minimum absolute atomic E-state index is 0.0674. The number of anilines is 3. The summed E-state index contributed by atoms with van der Waals surface area (Å²) in [7, 11) is 0. The second-order valence-corrected chi connectivity index (χ2v) is 10.8. The number of carbonyl (C=O) groups is 1. The van der Waals surface area contributed by atoms with E-state index in [0.717, 1.165) is 50.0 Å². The van der Waals surface area contributed by atoms with E-state index in [2.05, 4.69) is 42.2 Å². The number of benzene rings is 2. The molecule has 12 nitrogen and oxygen atoms in total. The third-order valence-electron chi connectivity index (χ3n) is 7.77. The number of halogens is 2. The van der Waals surface area contributed by atoms with Crippen LogP contribution in [-0.4, -0.2) is 112 Å². The number of amides is 1. The first kappa shape index (κ1) is 31.0. The van der Waals surface area contributed by atoms with Crippen LogP contribution in [0.4, 0.5) is 26.1 Å². The third-order valence-corrected chi connectivity index (χ3v) is 7.77. The van der Waals surface area contributed by atoms with Crippen LogP contribution in [0.15, 0.2) is 48.8 Å². The van der Waals surface area contributed by atoms with Gasteiger partial charge < -0.3 is 30.1 Å². The molecule has 0 unspecified atom stereocenters. The predicted molar refractivity (Wildman–Crippen MR) is 158 cm³/mol. The highest BCUT2D eigenvalue weighted by atomic mass is 19.3. The molecule has 14 heteroatoms. The number of aliphatic hydroxyl groups excluding tert-OH is 1. The van der Waals surface area contributed by atoms with Crippen molar-refractivity contribution in [2.45, 2.75) is 24.8 Å². The zero-order valence-electron chi connectivity index (χ0n) is 24.1. The van der Waals surface area contributed by atoms with Crippen molar-refractivity contribution in [3.05, 3.63) is 54.4 Å². The molecule has 0 aliphatic carbocycles. The molecule has 3 aliphatic rings. The summed E-state index contributed by atoms with van der Waals surface area (Å²) >= 11 is 0. The summed E-state index contributed by atoms with van der Waals surface area (Å²) in [6.07, 6.45) is 1.56. The second-order valence-electron chi connectivity index (χ2n) is 10.8. The van der Waals surface area contributed by atoms with Gasteiger partial charge >= 0.3 is 0 Å². The summed E-state index contributed by atoms with van der Waals surface area (Å²) in [5, 5.41) is 30.4. The van der Waals surface area contributed by atoms with Crippen molar-refractivity contribution in [3.8, 4) is 23.2 Å². The average Bonchev–Trinajstić information content (AvgIpc) is 3.01. The molecule has 0 bridgehead atoms. The topological polar surface area (TPSA) is 151 Å². The highest BCUT2D eigenvalue weighted by Gasteiger charge is 2.36. The van der Waals surface area contributed by atoms with E-state index in [1.165, 1.54) is 18.1 Å². The molecule has 232 valence electrons. The van der Waals surface area contributed by atoms with E-state index in [-0.39, 0.29) is 17.7 Å². The van der Waals surface area contributed by atoms with Crippen LogP contribution in [0.3, 0.4) is 0 Å². The number of hydrogen-bond donors (Lipinski definition) is 3. The smallest absolute Gasteiger partial charge is 0.265 e. The van der Waals surface area contributed by atoms with Gasteiger partial charge in [0.05, 0.1) is 31.4 Å². The van der Waals surface area contributed by atoms with Crippen LogP contribution in [0.5, 0.6) is 5.75 Å². The molecule has 0 radical (unpaired) electrons. The van der Waals surface area contributed by atoms with E-state index in [1.807, 2.05) is 18.2 Å². The van der Waals surface area contributed by atoms with Crippen LogP contribution in [-0.2, 0) is 9.53 Å². The van der Waals surface area contributed by atoms with Crippen molar-refractivity contribution in [2.75, 3.05) is 69.3 Å². The number of hydrogen-bond acceptors (Lipinski definition) is 11. The number of nitrogens with zero attached hydrogens (tertiary/aromatic N) is 7. The Hall–Kier alpha value is -4.45. The largest absolute Gasteiger partial charge is 0.507 e. The van der Waals surface area contributed by atoms with Crippen molar-refractivity contribution in [3.63, 3.8) is 0 Å². The first-order valence-electron chi connectivity index (χ1n) is 14.4. The maximum absolute atomic E-state index is 12.7. The molecule has 2 aromatic carbocycles. The van der Waals surface area contributed by atoms with E-state index in [0.29, 0.717) is 36.3 Å². The predicted octanol–water partition coefficient (Wildman–Crippen LogP) is 2.62. The molecule has 1 aromatic heterocycles. The summed E-state index contributed by atoms with van der Waals surface area (Å²) in [5.41, 5.74) is 2.88. The fourth-order valence-electron chi connectivity index (χ4n) is 5.20. The summed E-state index contributed by atoms with van der Waals surface area (Å²) in [6, 6.07) is 15.5. The lowest BCUT2D eigenvalue weighted by atomic mass is 10.1. The van der Waals surface area contributed by atoms with Crippen molar-refractivity contribution in [1.29, 1.82) is 5.26 Å². The molecule has 44 heavy (non-hydrogen) atoms. The molecule has 6 rings (SSSR count). The molecule has 0 saturated carbocycles. The maximum atomic E-state index is 12.7. The number of phenolic OH excluding ortho intramolecular Hbond substituents is 1. The van der Waals surface area contributed by atoms with Crippen molar-refractivity contribution in [2.24, 2.45) is 0 Å². The molecule has 3 N–H and O–H groups in total. The van der Waals surface area contributed by atoms with Gasteiger partial charge in [-0.15, -0.1) is 0 Å². The highest BCUT2D eigenvalue weighted by molar-refractivity contribution is 5.77. The van der Waals surface area contributed by atoms with Crippen LogP contribution in [0.25, 0.3) is 11.4 Å². The highest BCUT2D eigenvalue weighted by Crippen LogP contribution is 2.27. The third kappa shape index (κ3) is 7.73. The van der Waals surface area contributed by atoms with Crippen LogP contribution in [0.2, 0.25) is 0 Å². The van der Waals surface area contributed by atoms with E-state index < -0.39 is 25.0 Å². The molecule has 4 heterocycles. The number of nitrogens with one attached hydrogen (secondary N) is 1. The fraction of sp³-hybridized carbons (Fsp3) is 0.433. The Morgan fingerprint density at radius 1 is 1.09 bits per heavy atom. The number of likely N-dealkylation sites (tertiary alicyclic amines) is 1. The van der Waals surface area contributed by atoms with Gasteiger partial charge in [-0.25, -0.2) is 18.7 Å². The van der Waals surface area contributed by atoms with Gasteiger partial charge in [-0.2, -0.15) is 10.2 Å². The van der Waals surface area contributed by atoms with Gasteiger partial charge in [-0.1, -0.05) is 0 Å². The average molecular weight is 609 g/mol. The molecule has 0 spiro atoms. The van der Waals surface area contributed by atoms with Gasteiger partial charge in [-0.3, -0.25) is 9.69 Å². The number of aromatic hydroxyl groups is 1. The van der Waals surface area contributed by atoms with Crippen LogP contribution < -0.4 is 10.2 Å². The molecule has 3 aromatic rings. The number of phenols is 1. The molecule has 3 fully saturated rings. The van der Waals surface area contributed by atoms with E-state index >= 15 is 0 Å². The molecular formula is C30H34F2N8O4. The van der Waals surface area contributed by atoms with Crippen molar-refractivity contribution < 1.29 is 28.5 Å². The first-order chi connectivity index (χ1) is 21.2. The van der Waals surface area contributed by atoms with Crippen molar-refractivity contribution in [1.82, 2.24) is 24.8 Å². The lowest BCUT2D eigenvalue weighted by Crippen LogP contribution is -2.56. The summed E-state index contributed by atoms with van der Waals surface area (Å²) in [5.74, 6) is -2.63. The Bertz CT molecular complexity index is 1470. The number of carbonyl (C=O) groups excluding carboxylic acids is 1. The van der Waals surface area contributed by atoms with Gasteiger partial charge in [-0.05, 0) is 48.9 Å². The van der Waals surface area contributed by atoms with Gasteiger partial charge in [0, 0.05) is 56.1 Å². The zero-order chi connectivity index (χ0) is 31.1. The number of aromatic nitrogens is 3. The van der Waals surface area contributed by atoms with Crippen LogP contribution in [0, 0.1) is 11.3 Å². The Balaban J connectivity index is 0.000000270. The summed E-state index contributed by atoms with van der Waals surface area (Å²) in [4.78, 5) is 29.5. The standard InChI is InChI=1S/C23H23N7O2.C7H11F2NO2/c24-12-17-11-16(1-6-21(17)31)22-25-15-26-23(28-22)27-18-2-4-19(5-3-18)29-7-9-30(10-8-29)20-13-32-14-20;8-7(9)2-1-3-10(5-7)6(12)4-11/h1-6,11,15,20,31H,7-10,13-14H2,(H,25,26,27,28);11H,1-5H2. The lowest BCUT2D eigenvalue weighted by Gasteiger charge is -2.43. The molecule has 0 atom stereocenters. The Morgan fingerprint density at radius 3 is 2.48 bits per heavy atom. The normalized spacial score (nSPS) is 18.4. The molecule has 3 saturated heterocycles. The number of nitriles is 1. The Kier molecular flexibility index (Phi) is 9.78. The van der Waals surface area contributed by atoms with Gasteiger partial charge in [0.1, 0.15) is 24.8 Å². The minimum Gasteiger partial charge on any atom is -0.507 e. The molecule has 1 amide bonds. The lowest BCUT2D eigenvalue weighted by molar-refractivity contribution is -0.144. The molecule has 3 aliphatic heterocycles. The summed E-state index contributed by atoms with van der Waals surface area (Å²) < 4.78 is 30.7. The van der Waals surface area contributed by atoms with Gasteiger partial charge in [0.15, 0.2) is 5.82 Å². The van der Waals surface area contributed by atoms with E-state index in [1.54, 1.807) is 12.1 Å². The monoisotopic (exact) mass is 608 g/mol. The number of rotatable bonds is 6. The van der Waals surface area contributed by atoms with E-state index in [4.69, 9.17) is 15.1 Å². The summed E-state index contributed by atoms with van der Waals surface area (Å²) in [6.45, 7) is 4.97. The quantitative estimate of drug-likeness (QED) is 0.379. The zero-order valence-corrected chi connectivity index (χ0v) is 24.1. The number of aliphatic hydroxyl groups is 1. The number of piperidine rings is 1. The van der Waals surface area contributed by atoms with Crippen LogP contribution >= 0.6 is 0 Å². The number of piperazine rings is 1. The second kappa shape index (κ2) is 13.9. The number of alkyl halides is 2. The SMILES string of the molecule is N#Cc1cc(-c2ncnc(Nc3ccc(N4CCN(C5COC5)CC4)cc3)n2)ccc1O.O=C(CO)N1CCCC(F)(F)C1. The minimum atomic E-state index is -2.77. The van der Waals surface area contributed by atoms with Gasteiger partial charge in [0.25, 0.3) is 5.92 Å². The number of ether oxygens (including phenoxy) is 1. The Labute approximate surface area is 253 Å². The van der Waals surface area contributed by atoms with E-state index in [9.17, 15) is 18.7 Å².